The SMILES string of the molecule is CN=CC(=CN)c1cnc(N)c(C(=O)NC2CCCC2OCc2ccccc2)c1. The first kappa shape index (κ1) is 20.5. The molecule has 0 bridgehead atoms. The maximum Gasteiger partial charge on any atom is 0.255 e. The van der Waals surface area contributed by atoms with Crippen LogP contribution in [0.5, 0.6) is 0 Å². The lowest BCUT2D eigenvalue weighted by molar-refractivity contribution is 0.0272. The van der Waals surface area contributed by atoms with Gasteiger partial charge in [0.15, 0.2) is 0 Å². The molecule has 3 rings (SSSR count). The van der Waals surface area contributed by atoms with Crippen LogP contribution in [-0.2, 0) is 11.3 Å². The van der Waals surface area contributed by atoms with E-state index in [0.717, 1.165) is 24.8 Å². The first-order valence-corrected chi connectivity index (χ1v) is 9.68. The Kier molecular flexibility index (Phi) is 6.97. The molecule has 1 aliphatic rings. The van der Waals surface area contributed by atoms with Gasteiger partial charge < -0.3 is 21.5 Å². The van der Waals surface area contributed by atoms with Gasteiger partial charge in [-0.3, -0.25) is 9.79 Å². The Bertz CT molecular complexity index is 895. The number of aliphatic imine (C=N–C) groups is 1. The van der Waals surface area contributed by atoms with Crippen LogP contribution >= 0.6 is 0 Å². The van der Waals surface area contributed by atoms with Crippen molar-refractivity contribution in [2.45, 2.75) is 38.0 Å². The monoisotopic (exact) mass is 393 g/mol. The van der Waals surface area contributed by atoms with E-state index in [0.29, 0.717) is 23.3 Å². The summed E-state index contributed by atoms with van der Waals surface area (Å²) in [5, 5.41) is 3.07. The lowest BCUT2D eigenvalue weighted by atomic mass is 10.1. The van der Waals surface area contributed by atoms with Crippen LogP contribution in [0, 0.1) is 0 Å². The van der Waals surface area contributed by atoms with Crippen molar-refractivity contribution in [2.24, 2.45) is 10.7 Å². The molecule has 5 N–H and O–H groups in total. The third-order valence-corrected chi connectivity index (χ3v) is 5.02. The van der Waals surface area contributed by atoms with Gasteiger partial charge in [0.1, 0.15) is 5.82 Å². The van der Waals surface area contributed by atoms with Crippen LogP contribution in [0.25, 0.3) is 5.57 Å². The van der Waals surface area contributed by atoms with Gasteiger partial charge in [-0.05, 0) is 30.9 Å². The molecule has 1 fully saturated rings. The number of amides is 1. The maximum absolute atomic E-state index is 12.9. The summed E-state index contributed by atoms with van der Waals surface area (Å²) in [6.07, 6.45) is 7.38. The van der Waals surface area contributed by atoms with Crippen molar-refractivity contribution < 1.29 is 9.53 Å². The third-order valence-electron chi connectivity index (χ3n) is 5.02. The van der Waals surface area contributed by atoms with Gasteiger partial charge in [-0.25, -0.2) is 4.98 Å². The smallest absolute Gasteiger partial charge is 0.255 e. The van der Waals surface area contributed by atoms with Crippen molar-refractivity contribution in [2.75, 3.05) is 12.8 Å². The number of hydrogen-bond donors (Lipinski definition) is 3. The van der Waals surface area contributed by atoms with Crippen molar-refractivity contribution in [1.82, 2.24) is 10.3 Å². The number of rotatable bonds is 7. The highest BCUT2D eigenvalue weighted by atomic mass is 16.5. The number of ether oxygens (including phenoxy) is 1. The van der Waals surface area contributed by atoms with E-state index in [-0.39, 0.29) is 23.9 Å². The number of anilines is 1. The fourth-order valence-electron chi connectivity index (χ4n) is 3.48. The van der Waals surface area contributed by atoms with Crippen molar-refractivity contribution in [3.63, 3.8) is 0 Å². The van der Waals surface area contributed by atoms with E-state index in [2.05, 4.69) is 15.3 Å². The normalized spacial score (nSPS) is 19.6. The van der Waals surface area contributed by atoms with Crippen molar-refractivity contribution in [3.8, 4) is 0 Å². The van der Waals surface area contributed by atoms with Gasteiger partial charge in [0, 0.05) is 36.8 Å². The van der Waals surface area contributed by atoms with E-state index in [1.807, 2.05) is 30.3 Å². The summed E-state index contributed by atoms with van der Waals surface area (Å²) in [4.78, 5) is 21.0. The van der Waals surface area contributed by atoms with E-state index in [1.165, 1.54) is 6.20 Å². The number of aromatic nitrogens is 1. The number of nitrogens with zero attached hydrogens (tertiary/aromatic N) is 2. The molecule has 152 valence electrons. The Hall–Kier alpha value is -3.19. The number of allylic oxidation sites excluding steroid dienone is 1. The predicted octanol–water partition coefficient (Wildman–Crippen LogP) is 2.53. The quantitative estimate of drug-likeness (QED) is 0.625. The van der Waals surface area contributed by atoms with Crippen LogP contribution in [0.4, 0.5) is 5.82 Å². The fourth-order valence-corrected chi connectivity index (χ4v) is 3.48. The Morgan fingerprint density at radius 2 is 2.14 bits per heavy atom. The van der Waals surface area contributed by atoms with E-state index < -0.39 is 0 Å². The molecule has 2 aromatic rings. The second-order valence-electron chi connectivity index (χ2n) is 7.01. The minimum absolute atomic E-state index is 0.0248. The number of nitrogens with two attached hydrogens (primary N) is 2. The number of carbonyl (C=O) groups is 1. The predicted molar refractivity (Wildman–Crippen MR) is 115 cm³/mol. The molecule has 1 aliphatic carbocycles. The molecular weight excluding hydrogens is 366 g/mol. The molecule has 7 nitrogen and oxygen atoms in total. The first-order chi connectivity index (χ1) is 14.1. The molecule has 0 saturated heterocycles. The molecule has 29 heavy (non-hydrogen) atoms. The number of nitrogen functional groups attached to an aromatic ring is 1. The zero-order chi connectivity index (χ0) is 20.6. The minimum Gasteiger partial charge on any atom is -0.404 e. The zero-order valence-corrected chi connectivity index (χ0v) is 16.5. The summed E-state index contributed by atoms with van der Waals surface area (Å²) in [6, 6.07) is 11.6. The van der Waals surface area contributed by atoms with Gasteiger partial charge in [0.2, 0.25) is 0 Å². The summed E-state index contributed by atoms with van der Waals surface area (Å²) < 4.78 is 6.08. The Morgan fingerprint density at radius 1 is 1.34 bits per heavy atom. The first-order valence-electron chi connectivity index (χ1n) is 9.68. The molecule has 2 unspecified atom stereocenters. The van der Waals surface area contributed by atoms with Crippen LogP contribution in [0.1, 0.15) is 40.7 Å². The molecule has 1 amide bonds. The lowest BCUT2D eigenvalue weighted by Crippen LogP contribution is -2.41. The largest absolute Gasteiger partial charge is 0.404 e. The fraction of sp³-hybridized carbons (Fsp3) is 0.318. The van der Waals surface area contributed by atoms with E-state index in [1.54, 1.807) is 25.5 Å². The topological polar surface area (TPSA) is 116 Å². The average Bonchev–Trinajstić information content (AvgIpc) is 3.18. The van der Waals surface area contributed by atoms with E-state index in [9.17, 15) is 4.79 Å². The van der Waals surface area contributed by atoms with Crippen LogP contribution in [0.15, 0.2) is 53.8 Å². The number of nitrogens with one attached hydrogen (secondary N) is 1. The molecule has 1 saturated carbocycles. The minimum atomic E-state index is -0.262. The van der Waals surface area contributed by atoms with Gasteiger partial charge in [0.05, 0.1) is 24.3 Å². The van der Waals surface area contributed by atoms with E-state index in [4.69, 9.17) is 16.2 Å². The van der Waals surface area contributed by atoms with Gasteiger partial charge in [-0.2, -0.15) is 0 Å². The van der Waals surface area contributed by atoms with Crippen molar-refractivity contribution in [1.29, 1.82) is 0 Å². The van der Waals surface area contributed by atoms with Crippen LogP contribution < -0.4 is 16.8 Å². The number of pyridine rings is 1. The molecule has 7 heteroatoms. The Morgan fingerprint density at radius 3 is 2.86 bits per heavy atom. The molecular formula is C22H27N5O2. The van der Waals surface area contributed by atoms with Crippen LogP contribution in [-0.4, -0.2) is 36.3 Å². The second kappa shape index (κ2) is 9.84. The molecule has 2 atom stereocenters. The third kappa shape index (κ3) is 5.20. The lowest BCUT2D eigenvalue weighted by Gasteiger charge is -2.22. The molecule has 1 aromatic heterocycles. The Labute approximate surface area is 170 Å². The highest BCUT2D eigenvalue weighted by molar-refractivity contribution is 6.10. The summed E-state index contributed by atoms with van der Waals surface area (Å²) in [6.45, 7) is 0.526. The van der Waals surface area contributed by atoms with E-state index >= 15 is 0 Å². The summed E-state index contributed by atoms with van der Waals surface area (Å²) >= 11 is 0. The van der Waals surface area contributed by atoms with Gasteiger partial charge in [0.25, 0.3) is 5.91 Å². The van der Waals surface area contributed by atoms with Gasteiger partial charge >= 0.3 is 0 Å². The van der Waals surface area contributed by atoms with Crippen molar-refractivity contribution >= 4 is 23.5 Å². The van der Waals surface area contributed by atoms with Crippen LogP contribution in [0.3, 0.4) is 0 Å². The molecule has 1 aromatic carbocycles. The highest BCUT2D eigenvalue weighted by Crippen LogP contribution is 2.24. The number of hydrogen-bond acceptors (Lipinski definition) is 6. The van der Waals surface area contributed by atoms with Crippen molar-refractivity contribution in [3.05, 3.63) is 65.5 Å². The molecule has 0 spiro atoms. The number of carbonyl (C=O) groups excluding carboxylic acids is 1. The molecule has 1 heterocycles. The zero-order valence-electron chi connectivity index (χ0n) is 16.5. The standard InChI is InChI=1S/C22H27N5O2/c1-25-12-17(11-23)16-10-18(21(24)26-13-16)22(28)27-19-8-5-9-20(19)29-14-15-6-3-2-4-7-15/h2-4,6-7,10-13,19-20H,5,8-9,14,23H2,1H3,(H2,24,26)(H,27,28). The summed E-state index contributed by atoms with van der Waals surface area (Å²) in [7, 11) is 1.65. The van der Waals surface area contributed by atoms with Gasteiger partial charge in [-0.1, -0.05) is 30.3 Å². The van der Waals surface area contributed by atoms with Crippen LogP contribution in [0.2, 0.25) is 0 Å². The molecule has 0 radical (unpaired) electrons. The highest BCUT2D eigenvalue weighted by Gasteiger charge is 2.30. The second-order valence-corrected chi connectivity index (χ2v) is 7.01. The average molecular weight is 393 g/mol. The Balaban J connectivity index is 1.68. The van der Waals surface area contributed by atoms with Gasteiger partial charge in [-0.15, -0.1) is 0 Å². The maximum atomic E-state index is 12.9. The summed E-state index contributed by atoms with van der Waals surface area (Å²) in [5.41, 5.74) is 14.4. The number of benzene rings is 1. The molecule has 0 aliphatic heterocycles. The summed E-state index contributed by atoms with van der Waals surface area (Å²) in [5.74, 6) is -0.0855.